The highest BCUT2D eigenvalue weighted by Gasteiger charge is 2.26. The number of thioether (sulfide) groups is 1. The van der Waals surface area contributed by atoms with E-state index < -0.39 is 0 Å². The van der Waals surface area contributed by atoms with E-state index >= 15 is 0 Å². The molecule has 66 valence electrons. The van der Waals surface area contributed by atoms with Crippen molar-refractivity contribution in [3.05, 3.63) is 0 Å². The maximum atomic E-state index is 9.43. The predicted molar refractivity (Wildman–Crippen MR) is 47.8 cm³/mol. The first-order chi connectivity index (χ1) is 5.24. The van der Waals surface area contributed by atoms with Crippen LogP contribution >= 0.6 is 11.8 Å². The van der Waals surface area contributed by atoms with Crippen molar-refractivity contribution >= 4 is 11.8 Å². The number of aliphatic hydroxyl groups is 2. The first-order valence-electron chi connectivity index (χ1n) is 4.18. The monoisotopic (exact) mass is 176 g/mol. The van der Waals surface area contributed by atoms with E-state index in [-0.39, 0.29) is 18.0 Å². The van der Waals surface area contributed by atoms with Crippen molar-refractivity contribution in [2.24, 2.45) is 0 Å². The zero-order chi connectivity index (χ0) is 8.27. The molecule has 11 heavy (non-hydrogen) atoms. The fraction of sp³-hybridized carbons (Fsp3) is 1.00. The summed E-state index contributed by atoms with van der Waals surface area (Å²) in [5.41, 5.74) is 0. The number of hydrogen-bond donors (Lipinski definition) is 2. The summed E-state index contributed by atoms with van der Waals surface area (Å²) in [7, 11) is 0. The molecule has 2 N–H and O–H groups in total. The van der Waals surface area contributed by atoms with E-state index in [9.17, 15) is 5.11 Å². The third-order valence-corrected chi connectivity index (χ3v) is 3.60. The molecule has 3 heteroatoms. The van der Waals surface area contributed by atoms with Crippen molar-refractivity contribution in [3.63, 3.8) is 0 Å². The third-order valence-electron chi connectivity index (χ3n) is 2.08. The second-order valence-corrected chi connectivity index (χ2v) is 4.85. The minimum Gasteiger partial charge on any atom is -0.395 e. The molecule has 0 amide bonds. The summed E-state index contributed by atoms with van der Waals surface area (Å²) in [6.45, 7) is 2.21. The van der Waals surface area contributed by atoms with Crippen LogP contribution in [0.5, 0.6) is 0 Å². The van der Waals surface area contributed by atoms with Crippen LogP contribution < -0.4 is 0 Å². The zero-order valence-corrected chi connectivity index (χ0v) is 7.68. The Hall–Kier alpha value is 0.270. The van der Waals surface area contributed by atoms with Gasteiger partial charge in [-0.05, 0) is 19.3 Å². The third kappa shape index (κ3) is 2.65. The van der Waals surface area contributed by atoms with Gasteiger partial charge >= 0.3 is 0 Å². The van der Waals surface area contributed by atoms with Crippen LogP contribution in [-0.4, -0.2) is 33.4 Å². The first-order valence-corrected chi connectivity index (χ1v) is 5.12. The predicted octanol–water partition coefficient (Wildman–Crippen LogP) is 1.01. The van der Waals surface area contributed by atoms with Crippen LogP contribution in [0.1, 0.15) is 26.2 Å². The van der Waals surface area contributed by atoms with E-state index in [0.717, 1.165) is 19.3 Å². The quantitative estimate of drug-likeness (QED) is 0.674. The van der Waals surface area contributed by atoms with E-state index in [4.69, 9.17) is 5.11 Å². The van der Waals surface area contributed by atoms with Crippen LogP contribution in [0.2, 0.25) is 0 Å². The molecule has 2 nitrogen and oxygen atoms in total. The molecule has 0 radical (unpaired) electrons. The highest BCUT2D eigenvalue weighted by molar-refractivity contribution is 8.00. The van der Waals surface area contributed by atoms with Crippen molar-refractivity contribution < 1.29 is 10.2 Å². The van der Waals surface area contributed by atoms with Gasteiger partial charge in [0.05, 0.1) is 12.7 Å². The molecule has 0 aromatic heterocycles. The van der Waals surface area contributed by atoms with Gasteiger partial charge in [0, 0.05) is 10.5 Å². The van der Waals surface area contributed by atoms with Gasteiger partial charge in [0.1, 0.15) is 0 Å². The molecular weight excluding hydrogens is 160 g/mol. The van der Waals surface area contributed by atoms with E-state index in [0.29, 0.717) is 5.25 Å². The normalized spacial score (nSPS) is 34.1. The summed E-state index contributed by atoms with van der Waals surface area (Å²) < 4.78 is 0. The second-order valence-electron chi connectivity index (χ2n) is 3.17. The summed E-state index contributed by atoms with van der Waals surface area (Å²) in [6, 6.07) is 0. The van der Waals surface area contributed by atoms with Crippen LogP contribution in [-0.2, 0) is 0 Å². The first kappa shape index (κ1) is 9.36. The molecule has 0 heterocycles. The maximum absolute atomic E-state index is 9.43. The fourth-order valence-corrected chi connectivity index (χ4v) is 2.71. The lowest BCUT2D eigenvalue weighted by molar-refractivity contribution is 0.187. The topological polar surface area (TPSA) is 40.5 Å². The Morgan fingerprint density at radius 2 is 2.27 bits per heavy atom. The molecule has 1 aliphatic rings. The molecule has 0 aromatic rings. The summed E-state index contributed by atoms with van der Waals surface area (Å²) in [6.07, 6.45) is 3.05. The highest BCUT2D eigenvalue weighted by atomic mass is 32.2. The Balaban J connectivity index is 2.24. The number of rotatable bonds is 3. The van der Waals surface area contributed by atoms with Gasteiger partial charge in [-0.15, -0.1) is 0 Å². The molecule has 1 rings (SSSR count). The van der Waals surface area contributed by atoms with Gasteiger partial charge in [-0.3, -0.25) is 0 Å². The average molecular weight is 176 g/mol. The van der Waals surface area contributed by atoms with Gasteiger partial charge in [-0.2, -0.15) is 11.8 Å². The van der Waals surface area contributed by atoms with Crippen LogP contribution in [0.25, 0.3) is 0 Å². The minimum atomic E-state index is -0.131. The molecule has 3 unspecified atom stereocenters. The minimum absolute atomic E-state index is 0.131. The molecular formula is C8H16O2S. The van der Waals surface area contributed by atoms with Crippen LogP contribution in [0.4, 0.5) is 0 Å². The van der Waals surface area contributed by atoms with Crippen molar-refractivity contribution in [2.45, 2.75) is 42.8 Å². The Morgan fingerprint density at radius 1 is 1.55 bits per heavy atom. The van der Waals surface area contributed by atoms with Gasteiger partial charge < -0.3 is 10.2 Å². The smallest absolute Gasteiger partial charge is 0.0658 e. The Morgan fingerprint density at radius 3 is 2.73 bits per heavy atom. The Kier molecular flexibility index (Phi) is 3.69. The number of hydrogen-bond acceptors (Lipinski definition) is 3. The molecule has 1 aliphatic carbocycles. The SMILES string of the molecule is CC(CO)SC1CCCC1O. The van der Waals surface area contributed by atoms with Crippen LogP contribution in [0, 0.1) is 0 Å². The zero-order valence-electron chi connectivity index (χ0n) is 6.86. The van der Waals surface area contributed by atoms with Crippen molar-refractivity contribution in [3.8, 4) is 0 Å². The molecule has 0 spiro atoms. The lowest BCUT2D eigenvalue weighted by Crippen LogP contribution is -2.19. The second kappa shape index (κ2) is 4.33. The van der Waals surface area contributed by atoms with Gasteiger partial charge in [-0.1, -0.05) is 6.92 Å². The molecule has 0 aliphatic heterocycles. The van der Waals surface area contributed by atoms with Gasteiger partial charge in [0.15, 0.2) is 0 Å². The average Bonchev–Trinajstić information content (AvgIpc) is 2.37. The van der Waals surface area contributed by atoms with Gasteiger partial charge in [0.25, 0.3) is 0 Å². The van der Waals surface area contributed by atoms with E-state index in [1.807, 2.05) is 6.92 Å². The maximum Gasteiger partial charge on any atom is 0.0658 e. The lowest BCUT2D eigenvalue weighted by atomic mass is 10.3. The Labute approximate surface area is 72.0 Å². The van der Waals surface area contributed by atoms with E-state index in [1.54, 1.807) is 11.8 Å². The molecule has 0 bridgehead atoms. The van der Waals surface area contributed by atoms with Gasteiger partial charge in [0.2, 0.25) is 0 Å². The molecule has 1 fully saturated rings. The molecule has 0 aromatic carbocycles. The summed E-state index contributed by atoms with van der Waals surface area (Å²) in [4.78, 5) is 0. The van der Waals surface area contributed by atoms with E-state index in [1.165, 1.54) is 0 Å². The van der Waals surface area contributed by atoms with Crippen LogP contribution in [0.15, 0.2) is 0 Å². The van der Waals surface area contributed by atoms with Crippen LogP contribution in [0.3, 0.4) is 0 Å². The van der Waals surface area contributed by atoms with Crippen molar-refractivity contribution in [1.29, 1.82) is 0 Å². The molecule has 1 saturated carbocycles. The molecule has 3 atom stereocenters. The fourth-order valence-electron chi connectivity index (χ4n) is 1.41. The largest absolute Gasteiger partial charge is 0.395 e. The lowest BCUT2D eigenvalue weighted by Gasteiger charge is -2.17. The van der Waals surface area contributed by atoms with Crippen molar-refractivity contribution in [2.75, 3.05) is 6.61 Å². The summed E-state index contributed by atoms with van der Waals surface area (Å²) in [5, 5.41) is 18.9. The van der Waals surface area contributed by atoms with Gasteiger partial charge in [-0.25, -0.2) is 0 Å². The number of aliphatic hydroxyl groups excluding tert-OH is 2. The van der Waals surface area contributed by atoms with Crippen molar-refractivity contribution in [1.82, 2.24) is 0 Å². The highest BCUT2D eigenvalue weighted by Crippen LogP contribution is 2.32. The summed E-state index contributed by atoms with van der Waals surface area (Å²) in [5.74, 6) is 0. The molecule has 0 saturated heterocycles. The standard InChI is InChI=1S/C8H16O2S/c1-6(5-9)11-8-4-2-3-7(8)10/h6-10H,2-5H2,1H3. The summed E-state index contributed by atoms with van der Waals surface area (Å²) >= 11 is 1.72. The Bertz CT molecular complexity index is 119. The van der Waals surface area contributed by atoms with E-state index in [2.05, 4.69) is 0 Å².